The summed E-state index contributed by atoms with van der Waals surface area (Å²) in [5, 5.41) is 0.492. The minimum atomic E-state index is -0.445. The zero-order valence-corrected chi connectivity index (χ0v) is 18.1. The second-order valence-corrected chi connectivity index (χ2v) is 8.93. The van der Waals surface area contributed by atoms with Crippen molar-refractivity contribution in [3.05, 3.63) is 44.6 Å². The van der Waals surface area contributed by atoms with E-state index in [1.54, 1.807) is 29.8 Å². The molecule has 0 unspecified atom stereocenters. The number of carbonyl (C=O) groups excluding carboxylic acids is 2. The second-order valence-electron chi connectivity index (χ2n) is 7.93. The summed E-state index contributed by atoms with van der Waals surface area (Å²) in [5.74, 6) is 0.877. The molecule has 1 aromatic heterocycles. The summed E-state index contributed by atoms with van der Waals surface area (Å²) >= 11 is 1.56. The van der Waals surface area contributed by atoms with Gasteiger partial charge in [-0.15, -0.1) is 11.8 Å². The highest BCUT2D eigenvalue weighted by Gasteiger charge is 2.37. The van der Waals surface area contributed by atoms with E-state index in [4.69, 9.17) is 0 Å². The summed E-state index contributed by atoms with van der Waals surface area (Å²) < 4.78 is 2.58. The Morgan fingerprint density at radius 3 is 2.63 bits per heavy atom. The van der Waals surface area contributed by atoms with E-state index in [2.05, 4.69) is 0 Å². The van der Waals surface area contributed by atoms with Gasteiger partial charge in [0.1, 0.15) is 6.04 Å². The molecule has 0 saturated carbocycles. The molecule has 2 aliphatic rings. The average molecular weight is 431 g/mol. The van der Waals surface area contributed by atoms with Crippen molar-refractivity contribution < 1.29 is 9.59 Å². The molecule has 0 bridgehead atoms. The summed E-state index contributed by atoms with van der Waals surface area (Å²) in [7, 11) is 1.63. The minimum absolute atomic E-state index is 0.000402. The molecular formula is C21H26N4O4S. The molecule has 2 saturated heterocycles. The van der Waals surface area contributed by atoms with Crippen molar-refractivity contribution in [2.24, 2.45) is 7.05 Å². The molecule has 9 heteroatoms. The molecule has 0 aliphatic carbocycles. The van der Waals surface area contributed by atoms with Crippen LogP contribution in [0.1, 0.15) is 24.8 Å². The summed E-state index contributed by atoms with van der Waals surface area (Å²) in [6, 6.07) is 4.95. The first-order chi connectivity index (χ1) is 14.4. The fraction of sp³-hybridized carbons (Fsp3) is 0.524. The van der Waals surface area contributed by atoms with Crippen LogP contribution in [0.25, 0.3) is 10.9 Å². The third kappa shape index (κ3) is 3.55. The van der Waals surface area contributed by atoms with Gasteiger partial charge in [0.2, 0.25) is 11.8 Å². The van der Waals surface area contributed by atoms with E-state index in [0.29, 0.717) is 22.5 Å². The lowest BCUT2D eigenvalue weighted by Gasteiger charge is -2.27. The maximum atomic E-state index is 13.0. The number of fused-ring (bicyclic) bond motifs is 1. The number of thioether (sulfide) groups is 1. The summed E-state index contributed by atoms with van der Waals surface area (Å²) in [6.45, 7) is 3.34. The van der Waals surface area contributed by atoms with Gasteiger partial charge in [0.15, 0.2) is 0 Å². The smallest absolute Gasteiger partial charge is 0.331 e. The van der Waals surface area contributed by atoms with Gasteiger partial charge in [-0.05, 0) is 31.4 Å². The molecular weight excluding hydrogens is 404 g/mol. The van der Waals surface area contributed by atoms with Gasteiger partial charge < -0.3 is 9.80 Å². The molecule has 1 aromatic carbocycles. The minimum Gasteiger partial charge on any atom is -0.341 e. The van der Waals surface area contributed by atoms with E-state index in [-0.39, 0.29) is 30.3 Å². The number of carbonyl (C=O) groups is 2. The van der Waals surface area contributed by atoms with Gasteiger partial charge in [-0.25, -0.2) is 4.79 Å². The van der Waals surface area contributed by atoms with Crippen LogP contribution in [0.15, 0.2) is 27.8 Å². The first-order valence-corrected chi connectivity index (χ1v) is 11.4. The predicted octanol–water partition coefficient (Wildman–Crippen LogP) is 0.923. The van der Waals surface area contributed by atoms with Gasteiger partial charge in [-0.1, -0.05) is 12.1 Å². The average Bonchev–Trinajstić information content (AvgIpc) is 3.43. The monoisotopic (exact) mass is 430 g/mol. The maximum absolute atomic E-state index is 13.0. The number of hydrogen-bond acceptors (Lipinski definition) is 5. The number of rotatable bonds is 4. The first kappa shape index (κ1) is 20.7. The van der Waals surface area contributed by atoms with Gasteiger partial charge in [-0.2, -0.15) is 0 Å². The van der Waals surface area contributed by atoms with Crippen LogP contribution < -0.4 is 11.2 Å². The highest BCUT2D eigenvalue weighted by atomic mass is 32.2. The Labute approximate surface area is 178 Å². The molecule has 2 amide bonds. The molecule has 160 valence electrons. The Balaban J connectivity index is 1.55. The van der Waals surface area contributed by atoms with E-state index < -0.39 is 11.7 Å². The van der Waals surface area contributed by atoms with E-state index in [1.807, 2.05) is 24.0 Å². The van der Waals surface area contributed by atoms with Gasteiger partial charge in [0, 0.05) is 38.9 Å². The Hall–Kier alpha value is -2.55. The zero-order valence-electron chi connectivity index (χ0n) is 17.3. The first-order valence-electron chi connectivity index (χ1n) is 10.3. The molecule has 1 atom stereocenters. The predicted molar refractivity (Wildman–Crippen MR) is 117 cm³/mol. The summed E-state index contributed by atoms with van der Waals surface area (Å²) in [6.07, 6.45) is 2.02. The molecule has 0 radical (unpaired) electrons. The molecule has 2 fully saturated rings. The van der Waals surface area contributed by atoms with Crippen LogP contribution in [-0.4, -0.2) is 61.5 Å². The zero-order chi connectivity index (χ0) is 21.4. The van der Waals surface area contributed by atoms with E-state index in [1.165, 1.54) is 4.57 Å². The number of nitrogens with zero attached hydrogens (tertiary/aromatic N) is 4. The Bertz CT molecular complexity index is 1120. The van der Waals surface area contributed by atoms with Gasteiger partial charge in [0.05, 0.1) is 16.8 Å². The fourth-order valence-electron chi connectivity index (χ4n) is 4.31. The second kappa shape index (κ2) is 8.29. The van der Waals surface area contributed by atoms with Crippen molar-refractivity contribution in [2.45, 2.75) is 38.8 Å². The van der Waals surface area contributed by atoms with Crippen molar-refractivity contribution in [1.82, 2.24) is 18.9 Å². The normalized spacial score (nSPS) is 19.1. The van der Waals surface area contributed by atoms with Crippen LogP contribution in [0.4, 0.5) is 0 Å². The number of hydrogen-bond donors (Lipinski definition) is 0. The molecule has 4 rings (SSSR count). The molecule has 8 nitrogen and oxygen atoms in total. The lowest BCUT2D eigenvalue weighted by atomic mass is 10.1. The van der Waals surface area contributed by atoms with Crippen molar-refractivity contribution in [3.63, 3.8) is 0 Å². The highest BCUT2D eigenvalue weighted by molar-refractivity contribution is 7.99. The number of benzene rings is 1. The lowest BCUT2D eigenvalue weighted by molar-refractivity contribution is -0.142. The largest absolute Gasteiger partial charge is 0.341 e. The third-order valence-electron chi connectivity index (χ3n) is 6.04. The van der Waals surface area contributed by atoms with Crippen LogP contribution in [-0.2, 0) is 23.2 Å². The van der Waals surface area contributed by atoms with Crippen molar-refractivity contribution in [1.29, 1.82) is 0 Å². The Morgan fingerprint density at radius 2 is 1.90 bits per heavy atom. The lowest BCUT2D eigenvalue weighted by Crippen LogP contribution is -2.48. The standard InChI is InChI=1S/C21H26N4O4S/c1-14-6-5-7-15-18(14)20(28)24(21(29)22(15)2)11-8-17(26)25-13-30-12-16(25)19(27)23-9-3-4-10-23/h5-7,16H,3-4,8-13H2,1-2H3/t16-/m0/s1. The van der Waals surface area contributed by atoms with Gasteiger partial charge in [0.25, 0.3) is 5.56 Å². The van der Waals surface area contributed by atoms with Gasteiger partial charge in [-0.3, -0.25) is 23.5 Å². The van der Waals surface area contributed by atoms with Crippen molar-refractivity contribution in [3.8, 4) is 0 Å². The van der Waals surface area contributed by atoms with E-state index in [0.717, 1.165) is 36.1 Å². The number of aromatic nitrogens is 2. The molecule has 0 N–H and O–H groups in total. The van der Waals surface area contributed by atoms with Crippen molar-refractivity contribution >= 4 is 34.5 Å². The fourth-order valence-corrected chi connectivity index (χ4v) is 5.48. The van der Waals surface area contributed by atoms with Crippen molar-refractivity contribution in [2.75, 3.05) is 24.7 Å². The van der Waals surface area contributed by atoms with E-state index >= 15 is 0 Å². The number of likely N-dealkylation sites (tertiary alicyclic amines) is 1. The van der Waals surface area contributed by atoms with Crippen LogP contribution in [0.5, 0.6) is 0 Å². The quantitative estimate of drug-likeness (QED) is 0.720. The number of amides is 2. The molecule has 0 spiro atoms. The van der Waals surface area contributed by atoms with Crippen LogP contribution in [0, 0.1) is 6.92 Å². The Morgan fingerprint density at radius 1 is 1.17 bits per heavy atom. The maximum Gasteiger partial charge on any atom is 0.331 e. The van der Waals surface area contributed by atoms with Crippen LogP contribution in [0.3, 0.4) is 0 Å². The van der Waals surface area contributed by atoms with Crippen LogP contribution >= 0.6 is 11.8 Å². The summed E-state index contributed by atoms with van der Waals surface area (Å²) in [5.41, 5.74) is 0.561. The van der Waals surface area contributed by atoms with Crippen LogP contribution in [0.2, 0.25) is 0 Å². The SMILES string of the molecule is Cc1cccc2c1c(=O)n(CCC(=O)N1CSC[C@H]1C(=O)N1CCCC1)c(=O)n2C. The molecule has 30 heavy (non-hydrogen) atoms. The Kier molecular flexibility index (Phi) is 5.73. The summed E-state index contributed by atoms with van der Waals surface area (Å²) in [4.78, 5) is 54.8. The van der Waals surface area contributed by atoms with Gasteiger partial charge >= 0.3 is 5.69 Å². The molecule has 2 aliphatic heterocycles. The highest BCUT2D eigenvalue weighted by Crippen LogP contribution is 2.24. The molecule has 3 heterocycles. The molecule has 2 aromatic rings. The third-order valence-corrected chi connectivity index (χ3v) is 7.06. The number of aryl methyl sites for hydroxylation is 2. The van der Waals surface area contributed by atoms with E-state index in [9.17, 15) is 19.2 Å². The topological polar surface area (TPSA) is 84.6 Å².